The number of rotatable bonds is 5. The average molecular weight is 395 g/mol. The average Bonchev–Trinajstić information content (AvgIpc) is 3.25. The molecular weight excluding hydrogens is 374 g/mol. The molecule has 0 unspecified atom stereocenters. The first kappa shape index (κ1) is 18.5. The van der Waals surface area contributed by atoms with E-state index in [4.69, 9.17) is 0 Å². The summed E-state index contributed by atoms with van der Waals surface area (Å²) in [6, 6.07) is 2.39. The second kappa shape index (κ2) is 8.47. The van der Waals surface area contributed by atoms with E-state index in [2.05, 4.69) is 30.4 Å². The van der Waals surface area contributed by atoms with E-state index in [1.54, 1.807) is 24.9 Å². The zero-order valence-corrected chi connectivity index (χ0v) is 16.3. The van der Waals surface area contributed by atoms with Crippen LogP contribution in [0.2, 0.25) is 0 Å². The fraction of sp³-hybridized carbons (Fsp3) is 0.368. The van der Waals surface area contributed by atoms with Crippen molar-refractivity contribution in [3.05, 3.63) is 48.9 Å². The van der Waals surface area contributed by atoms with Crippen LogP contribution in [0.15, 0.2) is 48.5 Å². The third-order valence-corrected chi connectivity index (χ3v) is 5.53. The SMILES string of the molecule is CSc1ncc(C(=O)NC2CCC(n3cc(-c4ccncn4)cn3)CC2)cn1. The van der Waals surface area contributed by atoms with Gasteiger partial charge in [-0.3, -0.25) is 9.48 Å². The van der Waals surface area contributed by atoms with Gasteiger partial charge in [0.25, 0.3) is 5.91 Å². The summed E-state index contributed by atoms with van der Waals surface area (Å²) >= 11 is 1.45. The molecule has 0 bridgehead atoms. The van der Waals surface area contributed by atoms with Gasteiger partial charge in [0.2, 0.25) is 0 Å². The Kier molecular flexibility index (Phi) is 5.61. The molecule has 1 fully saturated rings. The molecule has 28 heavy (non-hydrogen) atoms. The highest BCUT2D eigenvalue weighted by Crippen LogP contribution is 2.29. The molecule has 1 amide bonds. The first-order valence-electron chi connectivity index (χ1n) is 9.20. The van der Waals surface area contributed by atoms with Gasteiger partial charge < -0.3 is 5.32 Å². The Morgan fingerprint density at radius 1 is 1.14 bits per heavy atom. The van der Waals surface area contributed by atoms with Gasteiger partial charge in [-0.05, 0) is 38.0 Å². The van der Waals surface area contributed by atoms with Crippen LogP contribution in [0.5, 0.6) is 0 Å². The second-order valence-corrected chi connectivity index (χ2v) is 7.51. The molecule has 3 heterocycles. The molecular formula is C19H21N7OS. The third-order valence-electron chi connectivity index (χ3n) is 4.96. The van der Waals surface area contributed by atoms with Crippen molar-refractivity contribution in [3.8, 4) is 11.3 Å². The van der Waals surface area contributed by atoms with Crippen LogP contribution < -0.4 is 5.32 Å². The number of nitrogens with zero attached hydrogens (tertiary/aromatic N) is 6. The number of hydrogen-bond acceptors (Lipinski definition) is 7. The Hall–Kier alpha value is -2.81. The van der Waals surface area contributed by atoms with Crippen molar-refractivity contribution in [2.24, 2.45) is 0 Å². The van der Waals surface area contributed by atoms with Crippen molar-refractivity contribution in [2.75, 3.05) is 6.26 Å². The van der Waals surface area contributed by atoms with E-state index < -0.39 is 0 Å². The van der Waals surface area contributed by atoms with Crippen molar-refractivity contribution < 1.29 is 4.79 Å². The molecule has 9 heteroatoms. The summed E-state index contributed by atoms with van der Waals surface area (Å²) in [7, 11) is 0. The largest absolute Gasteiger partial charge is 0.349 e. The zero-order chi connectivity index (χ0) is 19.3. The topological polar surface area (TPSA) is 98.5 Å². The number of nitrogens with one attached hydrogen (secondary N) is 1. The Morgan fingerprint density at radius 3 is 2.61 bits per heavy atom. The van der Waals surface area contributed by atoms with E-state index in [1.807, 2.05) is 29.4 Å². The minimum absolute atomic E-state index is 0.110. The van der Waals surface area contributed by atoms with Crippen molar-refractivity contribution >= 4 is 17.7 Å². The van der Waals surface area contributed by atoms with Crippen LogP contribution in [-0.4, -0.2) is 47.9 Å². The summed E-state index contributed by atoms with van der Waals surface area (Å²) in [6.07, 6.45) is 16.0. The molecule has 0 aliphatic heterocycles. The lowest BCUT2D eigenvalue weighted by atomic mass is 9.91. The number of thioether (sulfide) groups is 1. The number of carbonyl (C=O) groups is 1. The van der Waals surface area contributed by atoms with Gasteiger partial charge in [0.05, 0.1) is 23.5 Å². The minimum atomic E-state index is -0.110. The van der Waals surface area contributed by atoms with E-state index in [0.717, 1.165) is 36.9 Å². The fourth-order valence-electron chi connectivity index (χ4n) is 3.42. The van der Waals surface area contributed by atoms with E-state index in [9.17, 15) is 4.79 Å². The number of amides is 1. The third kappa shape index (κ3) is 4.19. The molecule has 0 atom stereocenters. The normalized spacial score (nSPS) is 19.3. The Bertz CT molecular complexity index is 921. The molecule has 0 saturated heterocycles. The summed E-state index contributed by atoms with van der Waals surface area (Å²) < 4.78 is 2.02. The highest BCUT2D eigenvalue weighted by molar-refractivity contribution is 7.98. The van der Waals surface area contributed by atoms with Crippen molar-refractivity contribution in [2.45, 2.75) is 42.9 Å². The van der Waals surface area contributed by atoms with Gasteiger partial charge >= 0.3 is 0 Å². The number of hydrogen-bond donors (Lipinski definition) is 1. The van der Waals surface area contributed by atoms with Crippen LogP contribution in [0.4, 0.5) is 0 Å². The van der Waals surface area contributed by atoms with E-state index in [0.29, 0.717) is 16.8 Å². The highest BCUT2D eigenvalue weighted by Gasteiger charge is 2.24. The lowest BCUT2D eigenvalue weighted by molar-refractivity contribution is 0.0920. The molecule has 1 aliphatic rings. The van der Waals surface area contributed by atoms with Gasteiger partial charge in [-0.15, -0.1) is 0 Å². The fourth-order valence-corrected chi connectivity index (χ4v) is 3.74. The lowest BCUT2D eigenvalue weighted by Crippen LogP contribution is -2.38. The smallest absolute Gasteiger partial charge is 0.254 e. The van der Waals surface area contributed by atoms with Crippen molar-refractivity contribution in [3.63, 3.8) is 0 Å². The van der Waals surface area contributed by atoms with Gasteiger partial charge in [-0.25, -0.2) is 19.9 Å². The summed E-state index contributed by atoms with van der Waals surface area (Å²) in [6.45, 7) is 0. The molecule has 1 aliphatic carbocycles. The van der Waals surface area contributed by atoms with E-state index in [1.165, 1.54) is 11.8 Å². The molecule has 144 valence electrons. The summed E-state index contributed by atoms with van der Waals surface area (Å²) in [4.78, 5) is 28.9. The first-order chi connectivity index (χ1) is 13.7. The number of carbonyl (C=O) groups excluding carboxylic acids is 1. The summed E-state index contributed by atoms with van der Waals surface area (Å²) in [5.41, 5.74) is 2.37. The maximum absolute atomic E-state index is 12.4. The number of aromatic nitrogens is 6. The molecule has 0 radical (unpaired) electrons. The molecule has 3 aromatic heterocycles. The zero-order valence-electron chi connectivity index (χ0n) is 15.5. The van der Waals surface area contributed by atoms with E-state index >= 15 is 0 Å². The molecule has 1 saturated carbocycles. The van der Waals surface area contributed by atoms with Crippen molar-refractivity contribution in [1.82, 2.24) is 35.0 Å². The van der Waals surface area contributed by atoms with Crippen LogP contribution >= 0.6 is 11.8 Å². The predicted octanol–water partition coefficient (Wildman–Crippen LogP) is 2.77. The first-order valence-corrected chi connectivity index (χ1v) is 10.4. The highest BCUT2D eigenvalue weighted by atomic mass is 32.2. The standard InChI is InChI=1S/C19H21N7OS/c1-28-19-21-8-13(9-22-19)18(27)25-15-2-4-16(5-3-15)26-11-14(10-24-26)17-6-7-20-12-23-17/h6-12,15-16H,2-5H2,1H3,(H,25,27). The van der Waals surface area contributed by atoms with Crippen molar-refractivity contribution in [1.29, 1.82) is 0 Å². The second-order valence-electron chi connectivity index (χ2n) is 6.74. The Labute approximate surface area is 167 Å². The van der Waals surface area contributed by atoms with Gasteiger partial charge in [-0.1, -0.05) is 11.8 Å². The van der Waals surface area contributed by atoms with Crippen LogP contribution in [0, 0.1) is 0 Å². The maximum atomic E-state index is 12.4. The predicted molar refractivity (Wildman–Crippen MR) is 106 cm³/mol. The van der Waals surface area contributed by atoms with Gasteiger partial charge in [0.1, 0.15) is 6.33 Å². The Morgan fingerprint density at radius 2 is 1.93 bits per heavy atom. The molecule has 3 aromatic rings. The van der Waals surface area contributed by atoms with Gasteiger partial charge in [0, 0.05) is 36.4 Å². The van der Waals surface area contributed by atoms with Gasteiger partial charge in [-0.2, -0.15) is 5.10 Å². The molecule has 0 spiro atoms. The molecule has 8 nitrogen and oxygen atoms in total. The minimum Gasteiger partial charge on any atom is -0.349 e. The monoisotopic (exact) mass is 395 g/mol. The maximum Gasteiger partial charge on any atom is 0.254 e. The van der Waals surface area contributed by atoms with Crippen LogP contribution in [-0.2, 0) is 0 Å². The summed E-state index contributed by atoms with van der Waals surface area (Å²) in [5.74, 6) is -0.110. The van der Waals surface area contributed by atoms with Crippen LogP contribution in [0.3, 0.4) is 0 Å². The summed E-state index contributed by atoms with van der Waals surface area (Å²) in [5, 5.41) is 8.28. The van der Waals surface area contributed by atoms with E-state index in [-0.39, 0.29) is 11.9 Å². The lowest BCUT2D eigenvalue weighted by Gasteiger charge is -2.29. The van der Waals surface area contributed by atoms with Crippen LogP contribution in [0.1, 0.15) is 42.1 Å². The molecule has 0 aromatic carbocycles. The van der Waals surface area contributed by atoms with Gasteiger partial charge in [0.15, 0.2) is 5.16 Å². The Balaban J connectivity index is 1.32. The molecule has 1 N–H and O–H groups in total. The molecule has 4 rings (SSSR count). The van der Waals surface area contributed by atoms with Crippen LogP contribution in [0.25, 0.3) is 11.3 Å². The quantitative estimate of drug-likeness (QED) is 0.524.